The van der Waals surface area contributed by atoms with Crippen LogP contribution in [-0.2, 0) is 7.05 Å². The van der Waals surface area contributed by atoms with Gasteiger partial charge in [0.1, 0.15) is 7.05 Å². The second-order valence-electron chi connectivity index (χ2n) is 9.30. The molecule has 1 saturated carbocycles. The summed E-state index contributed by atoms with van der Waals surface area (Å²) in [6.07, 6.45) is 7.36. The van der Waals surface area contributed by atoms with Gasteiger partial charge in [-0.2, -0.15) is 0 Å². The molecular weight excluding hydrogens is 404 g/mol. The SMILES string of the molecule is [2H]C([2H])([2H])c1ccc2c(n1)oc1c(-c3cc(-c4ccc(C5CCCC5)cc4)cc[n+]3C)c(C)ccc12. The van der Waals surface area contributed by atoms with Crippen LogP contribution in [0.5, 0.6) is 0 Å². The van der Waals surface area contributed by atoms with Crippen molar-refractivity contribution in [2.75, 3.05) is 0 Å². The summed E-state index contributed by atoms with van der Waals surface area (Å²) < 4.78 is 31.5. The summed E-state index contributed by atoms with van der Waals surface area (Å²) in [5, 5.41) is 1.75. The van der Waals surface area contributed by atoms with Gasteiger partial charge in [-0.25, -0.2) is 9.55 Å². The number of aryl methyl sites for hydroxylation is 3. The quantitative estimate of drug-likeness (QED) is 0.276. The lowest BCUT2D eigenvalue weighted by molar-refractivity contribution is -0.660. The summed E-state index contributed by atoms with van der Waals surface area (Å²) in [4.78, 5) is 4.34. The van der Waals surface area contributed by atoms with Crippen LogP contribution in [-0.4, -0.2) is 4.98 Å². The highest BCUT2D eigenvalue weighted by atomic mass is 16.3. The van der Waals surface area contributed by atoms with Crippen LogP contribution in [0, 0.1) is 13.8 Å². The molecule has 3 heterocycles. The van der Waals surface area contributed by atoms with Crippen LogP contribution < -0.4 is 4.57 Å². The summed E-state index contributed by atoms with van der Waals surface area (Å²) in [5.74, 6) is 0.705. The largest absolute Gasteiger partial charge is 0.437 e. The van der Waals surface area contributed by atoms with Gasteiger partial charge in [0.2, 0.25) is 11.4 Å². The third-order valence-electron chi connectivity index (χ3n) is 7.19. The maximum absolute atomic E-state index is 7.71. The van der Waals surface area contributed by atoms with Crippen LogP contribution >= 0.6 is 0 Å². The molecule has 3 heteroatoms. The molecule has 0 spiro atoms. The number of hydrogen-bond acceptors (Lipinski definition) is 2. The predicted molar refractivity (Wildman–Crippen MR) is 134 cm³/mol. The summed E-state index contributed by atoms with van der Waals surface area (Å²) >= 11 is 0. The lowest BCUT2D eigenvalue weighted by atomic mass is 9.94. The average molecular weight is 437 g/mol. The minimum Gasteiger partial charge on any atom is -0.437 e. The Bertz CT molecular complexity index is 1590. The molecule has 0 aliphatic heterocycles. The lowest BCUT2D eigenvalue weighted by Crippen LogP contribution is -2.30. The molecule has 1 fully saturated rings. The van der Waals surface area contributed by atoms with Gasteiger partial charge in [-0.15, -0.1) is 0 Å². The fraction of sp³-hybridized carbons (Fsp3) is 0.267. The maximum Gasteiger partial charge on any atom is 0.227 e. The van der Waals surface area contributed by atoms with Gasteiger partial charge in [0, 0.05) is 32.7 Å². The van der Waals surface area contributed by atoms with E-state index in [0.717, 1.165) is 38.7 Å². The van der Waals surface area contributed by atoms with Crippen molar-refractivity contribution in [1.29, 1.82) is 0 Å². The molecular formula is C30H29N2O+. The maximum atomic E-state index is 7.71. The molecule has 164 valence electrons. The normalized spacial score (nSPS) is 16.2. The van der Waals surface area contributed by atoms with Gasteiger partial charge in [-0.05, 0) is 66.9 Å². The minimum atomic E-state index is -2.28. The standard InChI is InChI=1S/C30H29N2O/c1-19-8-14-25-26-15-9-20(2)31-30(26)33-29(25)28(19)27-18-24(16-17-32(27)3)23-12-10-22(11-13-23)21-6-4-5-7-21/h8-18,21H,4-7H2,1-3H3/q+1/i2D3. The minimum absolute atomic E-state index is 0.0425. The van der Waals surface area contributed by atoms with Crippen molar-refractivity contribution < 1.29 is 13.1 Å². The van der Waals surface area contributed by atoms with E-state index in [2.05, 4.69) is 65.1 Å². The Hall–Kier alpha value is -3.46. The van der Waals surface area contributed by atoms with E-state index in [0.29, 0.717) is 11.6 Å². The van der Waals surface area contributed by atoms with Gasteiger partial charge in [-0.1, -0.05) is 49.2 Å². The molecule has 1 aliphatic carbocycles. The third-order valence-corrected chi connectivity index (χ3v) is 7.19. The van der Waals surface area contributed by atoms with Crippen LogP contribution in [0.2, 0.25) is 0 Å². The van der Waals surface area contributed by atoms with E-state index < -0.39 is 6.85 Å². The van der Waals surface area contributed by atoms with Crippen molar-refractivity contribution >= 4 is 22.1 Å². The number of hydrogen-bond donors (Lipinski definition) is 0. The van der Waals surface area contributed by atoms with Crippen LogP contribution in [0.25, 0.3) is 44.5 Å². The van der Waals surface area contributed by atoms with Crippen molar-refractivity contribution in [3.63, 3.8) is 0 Å². The zero-order valence-corrected chi connectivity index (χ0v) is 19.1. The molecule has 1 aliphatic rings. The molecule has 0 amide bonds. The molecule has 0 saturated heterocycles. The molecule has 0 unspecified atom stereocenters. The molecule has 0 atom stereocenters. The van der Waals surface area contributed by atoms with Crippen molar-refractivity contribution in [3.8, 4) is 22.4 Å². The highest BCUT2D eigenvalue weighted by Gasteiger charge is 2.22. The highest BCUT2D eigenvalue weighted by Crippen LogP contribution is 2.38. The first-order valence-corrected chi connectivity index (χ1v) is 11.7. The molecule has 2 aromatic carbocycles. The Balaban J connectivity index is 1.47. The monoisotopic (exact) mass is 436 g/mol. The molecule has 0 bridgehead atoms. The van der Waals surface area contributed by atoms with Gasteiger partial charge < -0.3 is 4.42 Å². The van der Waals surface area contributed by atoms with E-state index in [1.54, 1.807) is 12.1 Å². The Morgan fingerprint density at radius 2 is 1.73 bits per heavy atom. The highest BCUT2D eigenvalue weighted by molar-refractivity contribution is 6.08. The first-order valence-electron chi connectivity index (χ1n) is 13.2. The Labute approximate surface area is 198 Å². The topological polar surface area (TPSA) is 29.9 Å². The lowest BCUT2D eigenvalue weighted by Gasteiger charge is -2.11. The third kappa shape index (κ3) is 3.43. The van der Waals surface area contributed by atoms with Crippen molar-refractivity contribution in [3.05, 3.63) is 83.7 Å². The molecule has 5 aromatic rings. The number of benzene rings is 2. The molecule has 6 rings (SSSR count). The summed E-state index contributed by atoms with van der Waals surface area (Å²) in [7, 11) is 2.04. The van der Waals surface area contributed by atoms with Gasteiger partial charge in [0.15, 0.2) is 11.8 Å². The first kappa shape index (κ1) is 17.1. The second kappa shape index (κ2) is 7.84. The fourth-order valence-corrected chi connectivity index (χ4v) is 5.34. The van der Waals surface area contributed by atoms with Crippen LogP contribution in [0.4, 0.5) is 0 Å². The molecule has 0 N–H and O–H groups in total. The Morgan fingerprint density at radius 1 is 0.939 bits per heavy atom. The van der Waals surface area contributed by atoms with Gasteiger partial charge >= 0.3 is 0 Å². The summed E-state index contributed by atoms with van der Waals surface area (Å²) in [5.41, 5.74) is 8.02. The number of aromatic nitrogens is 2. The van der Waals surface area contributed by atoms with Gasteiger partial charge in [-0.3, -0.25) is 0 Å². The van der Waals surface area contributed by atoms with Crippen molar-refractivity contribution in [2.45, 2.75) is 45.4 Å². The number of furan rings is 1. The number of rotatable bonds is 3. The summed E-state index contributed by atoms with van der Waals surface area (Å²) in [6, 6.07) is 20.9. The number of fused-ring (bicyclic) bond motifs is 3. The van der Waals surface area contributed by atoms with Crippen LogP contribution in [0.3, 0.4) is 0 Å². The van der Waals surface area contributed by atoms with E-state index in [1.165, 1.54) is 36.8 Å². The molecule has 0 radical (unpaired) electrons. The van der Waals surface area contributed by atoms with Crippen molar-refractivity contribution in [2.24, 2.45) is 7.05 Å². The number of nitrogens with zero attached hydrogens (tertiary/aromatic N) is 2. The van der Waals surface area contributed by atoms with Crippen molar-refractivity contribution in [1.82, 2.24) is 4.98 Å². The van der Waals surface area contributed by atoms with E-state index >= 15 is 0 Å². The zero-order valence-electron chi connectivity index (χ0n) is 22.1. The Morgan fingerprint density at radius 3 is 2.52 bits per heavy atom. The second-order valence-corrected chi connectivity index (χ2v) is 9.30. The number of pyridine rings is 2. The average Bonchev–Trinajstić information content (AvgIpc) is 3.52. The molecule has 3 aromatic heterocycles. The van der Waals surface area contributed by atoms with E-state index in [1.807, 2.05) is 13.1 Å². The van der Waals surface area contributed by atoms with Crippen LogP contribution in [0.1, 0.15) is 52.5 Å². The zero-order chi connectivity index (χ0) is 25.0. The first-order chi connectivity index (χ1) is 17.3. The van der Waals surface area contributed by atoms with E-state index in [4.69, 9.17) is 8.53 Å². The van der Waals surface area contributed by atoms with Gasteiger partial charge in [0.05, 0.1) is 5.56 Å². The summed E-state index contributed by atoms with van der Waals surface area (Å²) in [6.45, 7) is -0.202. The van der Waals surface area contributed by atoms with E-state index in [-0.39, 0.29) is 5.69 Å². The molecule has 33 heavy (non-hydrogen) atoms. The van der Waals surface area contributed by atoms with Crippen LogP contribution in [0.15, 0.2) is 71.3 Å². The Kier molecular flexibility index (Phi) is 4.06. The van der Waals surface area contributed by atoms with Gasteiger partial charge in [0.25, 0.3) is 0 Å². The smallest absolute Gasteiger partial charge is 0.227 e. The molecule has 3 nitrogen and oxygen atoms in total. The van der Waals surface area contributed by atoms with E-state index in [9.17, 15) is 0 Å². The predicted octanol–water partition coefficient (Wildman–Crippen LogP) is 7.41. The fourth-order valence-electron chi connectivity index (χ4n) is 5.34.